The van der Waals surface area contributed by atoms with Gasteiger partial charge in [-0.1, -0.05) is 27.7 Å². The number of aliphatic hydroxyl groups is 1. The van der Waals surface area contributed by atoms with Crippen LogP contribution in [0.2, 0.25) is 0 Å². The van der Waals surface area contributed by atoms with E-state index in [0.717, 1.165) is 32.1 Å². The van der Waals surface area contributed by atoms with Gasteiger partial charge in [0.05, 0.1) is 11.7 Å². The lowest BCUT2D eigenvalue weighted by Gasteiger charge is -2.75. The summed E-state index contributed by atoms with van der Waals surface area (Å²) in [5.41, 5.74) is 6.67. The second-order valence-corrected chi connectivity index (χ2v) is 10.5. The number of anilines is 2. The Morgan fingerprint density at radius 1 is 1.29 bits per heavy atom. The molecular weight excluding hydrogens is 354 g/mol. The highest BCUT2D eigenvalue weighted by molar-refractivity contribution is 5.97. The third-order valence-corrected chi connectivity index (χ3v) is 7.55. The molecule has 1 heterocycles. The van der Waals surface area contributed by atoms with Gasteiger partial charge in [-0.25, -0.2) is 4.98 Å². The fourth-order valence-corrected chi connectivity index (χ4v) is 5.31. The molecule has 4 fully saturated rings. The van der Waals surface area contributed by atoms with Gasteiger partial charge in [0, 0.05) is 17.8 Å². The average Bonchev–Trinajstić information content (AvgIpc) is 2.51. The summed E-state index contributed by atoms with van der Waals surface area (Å²) >= 11 is 0. The maximum absolute atomic E-state index is 11.8. The van der Waals surface area contributed by atoms with Crippen molar-refractivity contribution in [3.05, 3.63) is 11.8 Å². The molecule has 5 N–H and O–H groups in total. The number of carbonyl (C=O) groups is 1. The van der Waals surface area contributed by atoms with Crippen LogP contribution in [0.5, 0.6) is 0 Å². The number of rotatable bonds is 5. The minimum atomic E-state index is -0.545. The zero-order chi connectivity index (χ0) is 20.3. The lowest BCUT2D eigenvalue weighted by molar-refractivity contribution is -0.189. The normalized spacial score (nSPS) is 36.8. The SMILES string of the molecule is C[C@@H]1CC[C@@H](Nc2nc(NC34CC(C(C)(C)C)(C3)C4)ncc2C(N)=O)C[C@H]1O. The van der Waals surface area contributed by atoms with Crippen molar-refractivity contribution < 1.29 is 9.90 Å². The number of carbonyl (C=O) groups excluding carboxylic acids is 1. The average molecular weight is 388 g/mol. The van der Waals surface area contributed by atoms with Crippen LogP contribution in [0.4, 0.5) is 11.8 Å². The van der Waals surface area contributed by atoms with E-state index in [2.05, 4.69) is 48.3 Å². The first kappa shape index (κ1) is 19.4. The maximum Gasteiger partial charge on any atom is 0.254 e. The third kappa shape index (κ3) is 3.13. The molecule has 7 heteroatoms. The largest absolute Gasteiger partial charge is 0.393 e. The number of nitrogens with one attached hydrogen (secondary N) is 2. The van der Waals surface area contributed by atoms with E-state index in [1.807, 2.05) is 0 Å². The van der Waals surface area contributed by atoms with Crippen LogP contribution in [0.15, 0.2) is 6.20 Å². The van der Waals surface area contributed by atoms with Crippen molar-refractivity contribution in [2.45, 2.75) is 83.9 Å². The van der Waals surface area contributed by atoms with E-state index >= 15 is 0 Å². The molecule has 0 saturated heterocycles. The van der Waals surface area contributed by atoms with E-state index in [9.17, 15) is 9.90 Å². The fraction of sp³-hybridized carbons (Fsp3) is 0.762. The Labute approximate surface area is 166 Å². The number of aromatic nitrogens is 2. The molecule has 0 unspecified atom stereocenters. The maximum atomic E-state index is 11.8. The number of nitrogens with two attached hydrogens (primary N) is 1. The van der Waals surface area contributed by atoms with Crippen LogP contribution in [0, 0.1) is 16.7 Å². The van der Waals surface area contributed by atoms with Crippen molar-refractivity contribution in [2.24, 2.45) is 22.5 Å². The summed E-state index contributed by atoms with van der Waals surface area (Å²) in [5, 5.41) is 17.0. The summed E-state index contributed by atoms with van der Waals surface area (Å²) in [6, 6.07) is 0.0751. The van der Waals surface area contributed by atoms with Crippen molar-refractivity contribution >= 4 is 17.7 Å². The first-order chi connectivity index (χ1) is 13.0. The molecule has 0 aliphatic heterocycles. The van der Waals surface area contributed by atoms with E-state index in [0.29, 0.717) is 40.5 Å². The van der Waals surface area contributed by atoms with Gasteiger partial charge in [0.2, 0.25) is 5.95 Å². The van der Waals surface area contributed by atoms with Crippen molar-refractivity contribution in [1.82, 2.24) is 9.97 Å². The molecule has 28 heavy (non-hydrogen) atoms. The van der Waals surface area contributed by atoms with Crippen molar-refractivity contribution in [3.8, 4) is 0 Å². The smallest absolute Gasteiger partial charge is 0.254 e. The summed E-state index contributed by atoms with van der Waals surface area (Å²) in [5.74, 6) is 0.764. The van der Waals surface area contributed by atoms with Crippen LogP contribution in [0.3, 0.4) is 0 Å². The van der Waals surface area contributed by atoms with Gasteiger partial charge in [-0.2, -0.15) is 4.98 Å². The monoisotopic (exact) mass is 387 g/mol. The summed E-state index contributed by atoms with van der Waals surface area (Å²) in [6.45, 7) is 9.01. The predicted molar refractivity (Wildman–Crippen MR) is 109 cm³/mol. The summed E-state index contributed by atoms with van der Waals surface area (Å²) in [7, 11) is 0. The van der Waals surface area contributed by atoms with Crippen LogP contribution >= 0.6 is 0 Å². The molecule has 4 aliphatic rings. The molecule has 3 atom stereocenters. The Hall–Kier alpha value is -1.89. The van der Waals surface area contributed by atoms with Gasteiger partial charge >= 0.3 is 0 Å². The molecule has 1 aromatic rings. The van der Waals surface area contributed by atoms with Gasteiger partial charge in [-0.05, 0) is 55.3 Å². The number of nitrogens with zero attached hydrogens (tertiary/aromatic N) is 2. The minimum absolute atomic E-state index is 0.0751. The molecule has 1 amide bonds. The standard InChI is InChI=1S/C21H33N5O2/c1-12-5-6-13(7-15(12)27)24-17-14(16(22)28)8-23-18(25-17)26-21-9-20(10-21,11-21)19(2,3)4/h8,12-13,15,27H,5-7,9-11H2,1-4H3,(H2,22,28)(H2,23,24,25,26)/t12-,13-,15-,20?,21?/m1/s1. The third-order valence-electron chi connectivity index (χ3n) is 7.55. The quantitative estimate of drug-likeness (QED) is 0.618. The molecule has 1 aromatic heterocycles. The van der Waals surface area contributed by atoms with E-state index in [-0.39, 0.29) is 17.7 Å². The molecule has 4 aliphatic carbocycles. The molecule has 5 rings (SSSR count). The number of aliphatic hydroxyl groups excluding tert-OH is 1. The van der Waals surface area contributed by atoms with Crippen LogP contribution in [0.25, 0.3) is 0 Å². The van der Waals surface area contributed by atoms with Gasteiger partial charge in [-0.15, -0.1) is 0 Å². The second kappa shape index (κ2) is 6.31. The molecule has 7 nitrogen and oxygen atoms in total. The Kier molecular flexibility index (Phi) is 4.38. The van der Waals surface area contributed by atoms with E-state index in [1.165, 1.54) is 6.20 Å². The lowest BCUT2D eigenvalue weighted by Crippen LogP contribution is -2.74. The summed E-state index contributed by atoms with van der Waals surface area (Å²) in [4.78, 5) is 20.8. The van der Waals surface area contributed by atoms with Crippen LogP contribution in [-0.2, 0) is 0 Å². The molecule has 154 valence electrons. The Morgan fingerprint density at radius 2 is 1.96 bits per heavy atom. The highest BCUT2D eigenvalue weighted by Gasteiger charge is 2.71. The highest BCUT2D eigenvalue weighted by Crippen LogP contribution is 2.74. The molecular formula is C21H33N5O2. The van der Waals surface area contributed by atoms with Gasteiger partial charge in [-0.3, -0.25) is 4.79 Å². The predicted octanol–water partition coefficient (Wildman–Crippen LogP) is 2.92. The van der Waals surface area contributed by atoms with Gasteiger partial charge < -0.3 is 21.5 Å². The van der Waals surface area contributed by atoms with Crippen molar-refractivity contribution in [3.63, 3.8) is 0 Å². The van der Waals surface area contributed by atoms with E-state index in [1.54, 1.807) is 0 Å². The fourth-order valence-electron chi connectivity index (χ4n) is 5.31. The summed E-state index contributed by atoms with van der Waals surface area (Å²) < 4.78 is 0. The molecule has 2 bridgehead atoms. The minimum Gasteiger partial charge on any atom is -0.393 e. The topological polar surface area (TPSA) is 113 Å². The van der Waals surface area contributed by atoms with E-state index in [4.69, 9.17) is 5.73 Å². The Morgan fingerprint density at radius 3 is 2.54 bits per heavy atom. The Bertz CT molecular complexity index is 768. The highest BCUT2D eigenvalue weighted by atomic mass is 16.3. The van der Waals surface area contributed by atoms with E-state index < -0.39 is 5.91 Å². The van der Waals surface area contributed by atoms with Crippen LogP contribution in [0.1, 0.15) is 76.6 Å². The first-order valence-corrected chi connectivity index (χ1v) is 10.4. The molecule has 0 spiro atoms. The van der Waals surface area contributed by atoms with Crippen molar-refractivity contribution in [1.29, 1.82) is 0 Å². The number of hydrogen-bond donors (Lipinski definition) is 4. The van der Waals surface area contributed by atoms with Gasteiger partial charge in [0.25, 0.3) is 5.91 Å². The number of hydrogen-bond acceptors (Lipinski definition) is 6. The van der Waals surface area contributed by atoms with Gasteiger partial charge in [0.15, 0.2) is 0 Å². The Balaban J connectivity index is 1.47. The molecule has 4 saturated carbocycles. The lowest BCUT2D eigenvalue weighted by atomic mass is 9.33. The number of primary amides is 1. The second-order valence-electron chi connectivity index (χ2n) is 10.5. The molecule has 0 aromatic carbocycles. The van der Waals surface area contributed by atoms with Crippen LogP contribution < -0.4 is 16.4 Å². The zero-order valence-electron chi connectivity index (χ0n) is 17.4. The zero-order valence-corrected chi connectivity index (χ0v) is 17.4. The van der Waals surface area contributed by atoms with Crippen LogP contribution in [-0.4, -0.2) is 38.7 Å². The first-order valence-electron chi connectivity index (χ1n) is 10.4. The molecule has 0 radical (unpaired) electrons. The van der Waals surface area contributed by atoms with Crippen molar-refractivity contribution in [2.75, 3.05) is 10.6 Å². The summed E-state index contributed by atoms with van der Waals surface area (Å²) in [6.07, 6.45) is 7.11. The van der Waals surface area contributed by atoms with Gasteiger partial charge in [0.1, 0.15) is 5.82 Å². The number of amides is 1.